The number of halogens is 2. The van der Waals surface area contributed by atoms with Crippen molar-refractivity contribution in [2.24, 2.45) is 0 Å². The summed E-state index contributed by atoms with van der Waals surface area (Å²) < 4.78 is 16.6. The average molecular weight is 560 g/mol. The second-order valence-electron chi connectivity index (χ2n) is 10.2. The molecule has 1 saturated heterocycles. The molecule has 4 aromatic rings. The van der Waals surface area contributed by atoms with E-state index in [0.717, 1.165) is 16.7 Å². The zero-order valence-electron chi connectivity index (χ0n) is 23.0. The molecular formula is C31H31ClFN5O2. The number of fused-ring (bicyclic) bond motifs is 1. The second kappa shape index (κ2) is 10.8. The Morgan fingerprint density at radius 1 is 1.18 bits per heavy atom. The molecule has 0 radical (unpaired) electrons. The number of rotatable bonds is 5. The molecule has 1 amide bonds. The normalized spacial score (nSPS) is 15.5. The van der Waals surface area contributed by atoms with E-state index in [0.29, 0.717) is 48.6 Å². The zero-order chi connectivity index (χ0) is 28.7. The van der Waals surface area contributed by atoms with Crippen molar-refractivity contribution in [2.75, 3.05) is 24.5 Å². The fourth-order valence-electron chi connectivity index (χ4n) is 5.45. The van der Waals surface area contributed by atoms with Gasteiger partial charge in [-0.3, -0.25) is 4.79 Å². The first-order valence-corrected chi connectivity index (χ1v) is 13.7. The fraction of sp³-hybridized carbons (Fsp3) is 0.290. The lowest BCUT2D eigenvalue weighted by atomic mass is 10.0. The van der Waals surface area contributed by atoms with Crippen LogP contribution in [0.5, 0.6) is 0 Å². The van der Waals surface area contributed by atoms with Crippen LogP contribution in [0.2, 0.25) is 5.02 Å². The predicted molar refractivity (Wildman–Crippen MR) is 158 cm³/mol. The summed E-state index contributed by atoms with van der Waals surface area (Å²) in [5, 5.41) is 0.818. The summed E-state index contributed by atoms with van der Waals surface area (Å²) in [5.74, 6) is -0.147. The maximum absolute atomic E-state index is 15.1. The molecule has 0 unspecified atom stereocenters. The highest BCUT2D eigenvalue weighted by Crippen LogP contribution is 2.36. The number of pyridine rings is 1. The van der Waals surface area contributed by atoms with E-state index >= 15 is 4.39 Å². The highest BCUT2D eigenvalue weighted by Gasteiger charge is 2.30. The van der Waals surface area contributed by atoms with Gasteiger partial charge in [0.05, 0.1) is 21.8 Å². The summed E-state index contributed by atoms with van der Waals surface area (Å²) in [6, 6.07) is 12.3. The number of aryl methyl sites for hydroxylation is 3. The van der Waals surface area contributed by atoms with E-state index in [9.17, 15) is 9.59 Å². The number of amides is 1. The van der Waals surface area contributed by atoms with Gasteiger partial charge < -0.3 is 9.80 Å². The minimum Gasteiger partial charge on any atom is -0.350 e. The van der Waals surface area contributed by atoms with Crippen LogP contribution in [0.15, 0.2) is 59.9 Å². The lowest BCUT2D eigenvalue weighted by molar-refractivity contribution is -0.126. The number of hydrogen-bond donors (Lipinski definition) is 0. The molecular weight excluding hydrogens is 529 g/mol. The Balaban J connectivity index is 1.80. The number of nitrogens with zero attached hydrogens (tertiary/aromatic N) is 5. The Kier molecular flexibility index (Phi) is 7.47. The molecule has 9 heteroatoms. The first-order valence-electron chi connectivity index (χ1n) is 13.3. The third kappa shape index (κ3) is 4.77. The second-order valence-corrected chi connectivity index (χ2v) is 10.6. The quantitative estimate of drug-likeness (QED) is 0.296. The Hall–Kier alpha value is -4.04. The summed E-state index contributed by atoms with van der Waals surface area (Å²) >= 11 is 6.78. The first-order chi connectivity index (χ1) is 19.1. The summed E-state index contributed by atoms with van der Waals surface area (Å²) in [5.41, 5.74) is 3.68. The maximum Gasteiger partial charge on any atom is 0.355 e. The van der Waals surface area contributed by atoms with Crippen LogP contribution < -0.4 is 10.6 Å². The van der Waals surface area contributed by atoms with E-state index in [1.165, 1.54) is 16.7 Å². The van der Waals surface area contributed by atoms with Crippen molar-refractivity contribution in [2.45, 2.75) is 40.2 Å². The molecule has 0 saturated carbocycles. The van der Waals surface area contributed by atoms with Gasteiger partial charge in [0.2, 0.25) is 5.91 Å². The van der Waals surface area contributed by atoms with Gasteiger partial charge in [-0.2, -0.15) is 4.98 Å². The van der Waals surface area contributed by atoms with E-state index in [-0.39, 0.29) is 28.2 Å². The number of benzene rings is 2. The Morgan fingerprint density at radius 3 is 2.62 bits per heavy atom. The van der Waals surface area contributed by atoms with E-state index in [2.05, 4.69) is 11.6 Å². The molecule has 1 aliphatic heterocycles. The summed E-state index contributed by atoms with van der Waals surface area (Å²) in [4.78, 5) is 39.3. The largest absolute Gasteiger partial charge is 0.355 e. The standard InChI is InChI=1S/C31H31ClFN5O2/c1-6-21-10-8-9-19(4)28(21)38-30-23(16-24(32)27(34-30)22-12-11-18(3)15-25(22)33)29(35-31(38)40)37-14-13-36(17-20(37)5)26(39)7-2/h7-12,15-16,20H,2,6,13-14,17H2,1,3-5H3/t20-/m0/s1. The zero-order valence-corrected chi connectivity index (χ0v) is 23.8. The highest BCUT2D eigenvalue weighted by molar-refractivity contribution is 6.33. The summed E-state index contributed by atoms with van der Waals surface area (Å²) in [7, 11) is 0. The minimum absolute atomic E-state index is 0.138. The smallest absolute Gasteiger partial charge is 0.350 e. The van der Waals surface area contributed by atoms with Gasteiger partial charge >= 0.3 is 5.69 Å². The van der Waals surface area contributed by atoms with Gasteiger partial charge in [0, 0.05) is 31.2 Å². The van der Waals surface area contributed by atoms with E-state index < -0.39 is 11.5 Å². The number of hydrogen-bond acceptors (Lipinski definition) is 5. The van der Waals surface area contributed by atoms with Crippen LogP contribution in [0.1, 0.15) is 30.5 Å². The van der Waals surface area contributed by atoms with Gasteiger partial charge in [-0.15, -0.1) is 0 Å². The molecule has 7 nitrogen and oxygen atoms in total. The molecule has 0 bridgehead atoms. The van der Waals surface area contributed by atoms with Gasteiger partial charge in [0.25, 0.3) is 0 Å². The van der Waals surface area contributed by atoms with E-state index in [4.69, 9.17) is 16.6 Å². The van der Waals surface area contributed by atoms with Crippen molar-refractivity contribution in [1.29, 1.82) is 0 Å². The van der Waals surface area contributed by atoms with Gasteiger partial charge in [-0.25, -0.2) is 18.7 Å². The number of carbonyl (C=O) groups excluding carboxylic acids is 1. The van der Waals surface area contributed by atoms with Crippen LogP contribution in [0, 0.1) is 19.7 Å². The van der Waals surface area contributed by atoms with Gasteiger partial charge in [0.1, 0.15) is 11.6 Å². The van der Waals surface area contributed by atoms with Crippen LogP contribution in [-0.2, 0) is 11.2 Å². The molecule has 1 atom stereocenters. The molecule has 2 aromatic carbocycles. The molecule has 3 heterocycles. The van der Waals surface area contributed by atoms with Crippen molar-refractivity contribution in [3.63, 3.8) is 0 Å². The van der Waals surface area contributed by atoms with Crippen LogP contribution in [0.3, 0.4) is 0 Å². The van der Waals surface area contributed by atoms with E-state index in [1.54, 1.807) is 23.1 Å². The Bertz CT molecular complexity index is 1720. The van der Waals surface area contributed by atoms with Crippen molar-refractivity contribution < 1.29 is 9.18 Å². The Morgan fingerprint density at radius 2 is 1.95 bits per heavy atom. The lowest BCUT2D eigenvalue weighted by Gasteiger charge is -2.40. The van der Waals surface area contributed by atoms with Gasteiger partial charge in [0.15, 0.2) is 5.65 Å². The number of aromatic nitrogens is 3. The van der Waals surface area contributed by atoms with Crippen LogP contribution in [0.25, 0.3) is 28.0 Å². The van der Waals surface area contributed by atoms with Gasteiger partial charge in [-0.05, 0) is 68.2 Å². The minimum atomic E-state index is -0.492. The lowest BCUT2D eigenvalue weighted by Crippen LogP contribution is -2.54. The third-order valence-electron chi connectivity index (χ3n) is 7.49. The van der Waals surface area contributed by atoms with Gasteiger partial charge in [-0.1, -0.05) is 49.4 Å². The first kappa shape index (κ1) is 27.5. The molecule has 5 rings (SSSR count). The number of piperazine rings is 1. The maximum atomic E-state index is 15.1. The summed E-state index contributed by atoms with van der Waals surface area (Å²) in [6.45, 7) is 12.7. The number of anilines is 1. The monoisotopic (exact) mass is 559 g/mol. The SMILES string of the molecule is C=CC(=O)N1CCN(c2nc(=O)n(-c3c(C)cccc3CC)c3nc(-c4ccc(C)cc4F)c(Cl)cc23)[C@@H](C)C1. The van der Waals surface area contributed by atoms with E-state index in [1.807, 2.05) is 50.8 Å². The topological polar surface area (TPSA) is 71.3 Å². The molecule has 0 spiro atoms. The predicted octanol–water partition coefficient (Wildman–Crippen LogP) is 5.64. The van der Waals surface area contributed by atoms with Crippen LogP contribution in [0.4, 0.5) is 10.2 Å². The fourth-order valence-corrected chi connectivity index (χ4v) is 5.71. The Labute approximate surface area is 237 Å². The molecule has 2 aromatic heterocycles. The highest BCUT2D eigenvalue weighted by atomic mass is 35.5. The molecule has 40 heavy (non-hydrogen) atoms. The number of carbonyl (C=O) groups is 1. The van der Waals surface area contributed by atoms with Crippen molar-refractivity contribution >= 4 is 34.4 Å². The molecule has 1 aliphatic rings. The van der Waals surface area contributed by atoms with Crippen molar-refractivity contribution in [3.8, 4) is 16.9 Å². The van der Waals surface area contributed by atoms with Crippen molar-refractivity contribution in [1.82, 2.24) is 19.4 Å². The molecule has 0 aliphatic carbocycles. The molecule has 1 fully saturated rings. The van der Waals surface area contributed by atoms with Crippen molar-refractivity contribution in [3.05, 3.63) is 93.1 Å². The number of para-hydroxylation sites is 1. The molecule has 0 N–H and O–H groups in total. The third-order valence-corrected chi connectivity index (χ3v) is 7.78. The summed E-state index contributed by atoms with van der Waals surface area (Å²) in [6.07, 6.45) is 2.00. The van der Waals surface area contributed by atoms with Crippen LogP contribution in [-0.4, -0.2) is 51.0 Å². The average Bonchev–Trinajstić information content (AvgIpc) is 2.93. The van der Waals surface area contributed by atoms with Crippen LogP contribution >= 0.6 is 11.6 Å². The molecule has 206 valence electrons.